The summed E-state index contributed by atoms with van der Waals surface area (Å²) in [5.74, 6) is 0.219. The molecular formula is C10H13N3O4. The Hall–Kier alpha value is -2.05. The molecule has 2 heterocycles. The van der Waals surface area contributed by atoms with Crippen LogP contribution in [-0.4, -0.2) is 41.4 Å². The third kappa shape index (κ3) is 2.22. The summed E-state index contributed by atoms with van der Waals surface area (Å²) in [5, 5.41) is 2.55. The van der Waals surface area contributed by atoms with Gasteiger partial charge in [-0.15, -0.1) is 0 Å². The lowest BCUT2D eigenvalue weighted by atomic mass is 10.3. The molecule has 1 N–H and O–H groups in total. The molecule has 0 spiro atoms. The van der Waals surface area contributed by atoms with Crippen LogP contribution in [0.3, 0.4) is 0 Å². The van der Waals surface area contributed by atoms with Crippen molar-refractivity contribution in [1.29, 1.82) is 0 Å². The summed E-state index contributed by atoms with van der Waals surface area (Å²) in [6.45, 7) is 2.59. The first-order valence-corrected chi connectivity index (χ1v) is 5.16. The zero-order chi connectivity index (χ0) is 12.4. The van der Waals surface area contributed by atoms with Crippen LogP contribution in [0.4, 0.5) is 4.79 Å². The maximum Gasteiger partial charge on any atom is 0.407 e. The molecule has 0 aromatic carbocycles. The Morgan fingerprint density at radius 3 is 3.12 bits per heavy atom. The van der Waals surface area contributed by atoms with Crippen LogP contribution in [0.1, 0.15) is 16.3 Å². The number of hydrogen-bond acceptors (Lipinski definition) is 5. The first-order chi connectivity index (χ1) is 8.11. The highest BCUT2D eigenvalue weighted by Crippen LogP contribution is 2.11. The SMILES string of the molecule is COC(=O)c1cnc(C)n1CC1CNC(=O)O1. The van der Waals surface area contributed by atoms with E-state index in [1.807, 2.05) is 0 Å². The van der Waals surface area contributed by atoms with Crippen LogP contribution in [0.25, 0.3) is 0 Å². The molecule has 0 bridgehead atoms. The van der Waals surface area contributed by atoms with Gasteiger partial charge in [-0.05, 0) is 6.92 Å². The van der Waals surface area contributed by atoms with E-state index < -0.39 is 12.1 Å². The van der Waals surface area contributed by atoms with Crippen molar-refractivity contribution >= 4 is 12.1 Å². The molecule has 0 saturated carbocycles. The fraction of sp³-hybridized carbons (Fsp3) is 0.500. The smallest absolute Gasteiger partial charge is 0.407 e. The van der Waals surface area contributed by atoms with Crippen molar-refractivity contribution in [2.45, 2.75) is 19.6 Å². The first kappa shape index (κ1) is 11.4. The lowest BCUT2D eigenvalue weighted by Crippen LogP contribution is -2.23. The van der Waals surface area contributed by atoms with Gasteiger partial charge in [0.2, 0.25) is 0 Å². The number of carbonyl (C=O) groups is 2. The lowest BCUT2D eigenvalue weighted by Gasteiger charge is -2.12. The second-order valence-electron chi connectivity index (χ2n) is 3.70. The van der Waals surface area contributed by atoms with Gasteiger partial charge in [0.05, 0.1) is 26.4 Å². The Bertz CT molecular complexity index is 454. The average Bonchev–Trinajstić information content (AvgIpc) is 2.87. The van der Waals surface area contributed by atoms with E-state index in [1.165, 1.54) is 13.3 Å². The molecule has 1 amide bonds. The topological polar surface area (TPSA) is 82.5 Å². The predicted molar refractivity (Wildman–Crippen MR) is 56.6 cm³/mol. The molecule has 2 rings (SSSR count). The molecular weight excluding hydrogens is 226 g/mol. The number of aromatic nitrogens is 2. The Morgan fingerprint density at radius 2 is 2.53 bits per heavy atom. The van der Waals surface area contributed by atoms with E-state index >= 15 is 0 Å². The third-order valence-corrected chi connectivity index (χ3v) is 2.58. The van der Waals surface area contributed by atoms with E-state index in [2.05, 4.69) is 15.0 Å². The van der Waals surface area contributed by atoms with Crippen molar-refractivity contribution in [3.8, 4) is 0 Å². The number of cyclic esters (lactones) is 1. The van der Waals surface area contributed by atoms with Gasteiger partial charge < -0.3 is 19.4 Å². The normalized spacial score (nSPS) is 18.7. The largest absolute Gasteiger partial charge is 0.464 e. The summed E-state index contributed by atoms with van der Waals surface area (Å²) in [5.41, 5.74) is 0.355. The zero-order valence-corrected chi connectivity index (χ0v) is 9.60. The van der Waals surface area contributed by atoms with Gasteiger partial charge in [-0.2, -0.15) is 0 Å². The van der Waals surface area contributed by atoms with E-state index in [0.29, 0.717) is 24.6 Å². The van der Waals surface area contributed by atoms with Crippen molar-refractivity contribution in [2.24, 2.45) is 0 Å². The molecule has 1 aliphatic heterocycles. The standard InChI is InChI=1S/C10H13N3O4/c1-6-11-4-8(9(14)16-2)13(6)5-7-3-12-10(15)17-7/h4,7H,3,5H2,1-2H3,(H,12,15). The molecule has 1 aromatic heterocycles. The Labute approximate surface area is 97.7 Å². The highest BCUT2D eigenvalue weighted by Gasteiger charge is 2.25. The molecule has 0 aliphatic carbocycles. The van der Waals surface area contributed by atoms with E-state index in [0.717, 1.165) is 0 Å². The van der Waals surface area contributed by atoms with Crippen molar-refractivity contribution in [3.05, 3.63) is 17.7 Å². The molecule has 1 aliphatic rings. The summed E-state index contributed by atoms with van der Waals surface area (Å²) < 4.78 is 11.3. The second kappa shape index (κ2) is 4.44. The van der Waals surface area contributed by atoms with Crippen molar-refractivity contribution in [3.63, 3.8) is 0 Å². The highest BCUT2D eigenvalue weighted by molar-refractivity contribution is 5.87. The molecule has 7 nitrogen and oxygen atoms in total. The van der Waals surface area contributed by atoms with Crippen LogP contribution in [0.2, 0.25) is 0 Å². The highest BCUT2D eigenvalue weighted by atomic mass is 16.6. The summed E-state index contributed by atoms with van der Waals surface area (Å²) >= 11 is 0. The van der Waals surface area contributed by atoms with Gasteiger partial charge in [0.1, 0.15) is 17.6 Å². The van der Waals surface area contributed by atoms with E-state index in [9.17, 15) is 9.59 Å². The zero-order valence-electron chi connectivity index (χ0n) is 9.60. The van der Waals surface area contributed by atoms with Crippen LogP contribution >= 0.6 is 0 Å². The molecule has 7 heteroatoms. The molecule has 1 fully saturated rings. The number of carbonyl (C=O) groups excluding carboxylic acids is 2. The minimum Gasteiger partial charge on any atom is -0.464 e. The van der Waals surface area contributed by atoms with Crippen LogP contribution < -0.4 is 5.32 Å². The summed E-state index contributed by atoms with van der Waals surface area (Å²) in [6, 6.07) is 0. The summed E-state index contributed by atoms with van der Waals surface area (Å²) in [4.78, 5) is 26.4. The van der Waals surface area contributed by atoms with Crippen molar-refractivity contribution in [2.75, 3.05) is 13.7 Å². The van der Waals surface area contributed by atoms with Crippen LogP contribution in [0, 0.1) is 6.92 Å². The van der Waals surface area contributed by atoms with E-state index in [-0.39, 0.29) is 6.10 Å². The van der Waals surface area contributed by atoms with Gasteiger partial charge in [0.15, 0.2) is 0 Å². The lowest BCUT2D eigenvalue weighted by molar-refractivity contribution is 0.0584. The number of hydrogen-bond donors (Lipinski definition) is 1. The Balaban J connectivity index is 2.17. The molecule has 0 radical (unpaired) electrons. The quantitative estimate of drug-likeness (QED) is 0.756. The van der Waals surface area contributed by atoms with Crippen molar-refractivity contribution < 1.29 is 19.1 Å². The number of amides is 1. The predicted octanol–water partition coefficient (Wildman–Crippen LogP) is 0.0865. The average molecular weight is 239 g/mol. The second-order valence-corrected chi connectivity index (χ2v) is 3.70. The van der Waals surface area contributed by atoms with Crippen molar-refractivity contribution in [1.82, 2.24) is 14.9 Å². The maximum absolute atomic E-state index is 11.5. The van der Waals surface area contributed by atoms with Gasteiger partial charge in [-0.25, -0.2) is 14.6 Å². The molecule has 1 unspecified atom stereocenters. The number of aryl methyl sites for hydroxylation is 1. The van der Waals surface area contributed by atoms with Crippen LogP contribution in [-0.2, 0) is 16.0 Å². The fourth-order valence-corrected chi connectivity index (χ4v) is 1.70. The van der Waals surface area contributed by atoms with E-state index in [1.54, 1.807) is 11.5 Å². The molecule has 92 valence electrons. The third-order valence-electron chi connectivity index (χ3n) is 2.58. The molecule has 1 atom stereocenters. The first-order valence-electron chi connectivity index (χ1n) is 5.16. The summed E-state index contributed by atoms with van der Waals surface area (Å²) in [7, 11) is 1.31. The number of rotatable bonds is 3. The summed E-state index contributed by atoms with van der Waals surface area (Å²) in [6.07, 6.45) is 0.719. The minimum absolute atomic E-state index is 0.293. The minimum atomic E-state index is -0.456. The Morgan fingerprint density at radius 1 is 1.76 bits per heavy atom. The number of methoxy groups -OCH3 is 1. The fourth-order valence-electron chi connectivity index (χ4n) is 1.70. The molecule has 1 aromatic rings. The van der Waals surface area contributed by atoms with Gasteiger partial charge >= 0.3 is 12.1 Å². The number of imidazole rings is 1. The molecule has 1 saturated heterocycles. The van der Waals surface area contributed by atoms with E-state index in [4.69, 9.17) is 4.74 Å². The number of esters is 1. The number of alkyl carbamates (subject to hydrolysis) is 1. The number of nitrogens with one attached hydrogen (secondary N) is 1. The van der Waals surface area contributed by atoms with Gasteiger partial charge in [0.25, 0.3) is 0 Å². The molecule has 17 heavy (non-hydrogen) atoms. The number of ether oxygens (including phenoxy) is 2. The maximum atomic E-state index is 11.5. The Kier molecular flexibility index (Phi) is 2.99. The van der Waals surface area contributed by atoms with Gasteiger partial charge in [0, 0.05) is 0 Å². The van der Waals surface area contributed by atoms with Gasteiger partial charge in [-0.3, -0.25) is 0 Å². The monoisotopic (exact) mass is 239 g/mol. The van der Waals surface area contributed by atoms with Crippen LogP contribution in [0.5, 0.6) is 0 Å². The van der Waals surface area contributed by atoms with Gasteiger partial charge in [-0.1, -0.05) is 0 Å². The van der Waals surface area contributed by atoms with Crippen LogP contribution in [0.15, 0.2) is 6.20 Å². The number of nitrogens with zero attached hydrogens (tertiary/aromatic N) is 2.